The maximum Gasteiger partial charge on any atom is 0.277 e. The smallest absolute Gasteiger partial charge is 0.277 e. The van der Waals surface area contributed by atoms with Gasteiger partial charge in [-0.05, 0) is 36.6 Å². The number of anilines is 1. The minimum absolute atomic E-state index is 0.0639. The van der Waals surface area contributed by atoms with Gasteiger partial charge >= 0.3 is 0 Å². The first-order valence-corrected chi connectivity index (χ1v) is 11.2. The number of piperazine rings is 1. The van der Waals surface area contributed by atoms with Crippen LogP contribution in [0.15, 0.2) is 53.3 Å². The van der Waals surface area contributed by atoms with Crippen molar-refractivity contribution in [3.05, 3.63) is 58.9 Å². The van der Waals surface area contributed by atoms with Gasteiger partial charge in [0.05, 0.1) is 24.2 Å². The van der Waals surface area contributed by atoms with Crippen molar-refractivity contribution in [3.63, 3.8) is 0 Å². The lowest BCUT2D eigenvalue weighted by Crippen LogP contribution is -2.48. The van der Waals surface area contributed by atoms with Crippen LogP contribution in [0, 0.1) is 5.92 Å². The maximum atomic E-state index is 12.7. The molecule has 7 nitrogen and oxygen atoms in total. The molecular formula is C24H31N5O2. The third kappa shape index (κ3) is 5.05. The van der Waals surface area contributed by atoms with E-state index in [4.69, 9.17) is 4.74 Å². The molecule has 1 fully saturated rings. The SMILES string of the molecule is CCCOc1ccccc1N1CCN(CC(C)Cn2nnc3ccccc3c2=O)CC1. The summed E-state index contributed by atoms with van der Waals surface area (Å²) in [6.07, 6.45) is 1.00. The Morgan fingerprint density at radius 3 is 2.55 bits per heavy atom. The highest BCUT2D eigenvalue weighted by Gasteiger charge is 2.21. The van der Waals surface area contributed by atoms with Gasteiger partial charge in [0.25, 0.3) is 5.56 Å². The van der Waals surface area contributed by atoms with Crippen LogP contribution in [-0.2, 0) is 6.54 Å². The molecule has 3 aromatic rings. The van der Waals surface area contributed by atoms with E-state index >= 15 is 0 Å². The van der Waals surface area contributed by atoms with Crippen molar-refractivity contribution in [1.82, 2.24) is 19.9 Å². The first kappa shape index (κ1) is 21.3. The molecule has 7 heteroatoms. The first-order valence-electron chi connectivity index (χ1n) is 11.2. The highest BCUT2D eigenvalue weighted by Crippen LogP contribution is 2.29. The van der Waals surface area contributed by atoms with Gasteiger partial charge in [0.2, 0.25) is 0 Å². The van der Waals surface area contributed by atoms with Gasteiger partial charge in [-0.1, -0.05) is 43.3 Å². The number of hydrogen-bond acceptors (Lipinski definition) is 6. The highest BCUT2D eigenvalue weighted by atomic mass is 16.5. The van der Waals surface area contributed by atoms with Crippen LogP contribution in [0.2, 0.25) is 0 Å². The Bertz CT molecular complexity index is 1060. The van der Waals surface area contributed by atoms with E-state index in [1.165, 1.54) is 10.4 Å². The molecule has 2 heterocycles. The molecule has 1 aliphatic heterocycles. The number of para-hydroxylation sites is 2. The lowest BCUT2D eigenvalue weighted by atomic mass is 10.1. The van der Waals surface area contributed by atoms with E-state index in [0.717, 1.165) is 51.5 Å². The molecule has 0 spiro atoms. The van der Waals surface area contributed by atoms with Crippen LogP contribution in [0.1, 0.15) is 20.3 Å². The van der Waals surface area contributed by atoms with E-state index in [-0.39, 0.29) is 5.56 Å². The molecule has 0 bridgehead atoms. The third-order valence-corrected chi connectivity index (χ3v) is 5.72. The van der Waals surface area contributed by atoms with Crippen LogP contribution in [0.3, 0.4) is 0 Å². The zero-order valence-corrected chi connectivity index (χ0v) is 18.4. The fourth-order valence-electron chi connectivity index (χ4n) is 4.16. The Morgan fingerprint density at radius 1 is 1.00 bits per heavy atom. The van der Waals surface area contributed by atoms with Gasteiger partial charge < -0.3 is 9.64 Å². The molecule has 2 aromatic carbocycles. The summed E-state index contributed by atoms with van der Waals surface area (Å²) in [4.78, 5) is 17.6. The number of ether oxygens (including phenoxy) is 1. The van der Waals surface area contributed by atoms with E-state index in [2.05, 4.69) is 52.2 Å². The molecule has 0 saturated carbocycles. The summed E-state index contributed by atoms with van der Waals surface area (Å²) in [7, 11) is 0. The van der Waals surface area contributed by atoms with E-state index in [0.29, 0.717) is 23.4 Å². The van der Waals surface area contributed by atoms with Crippen LogP contribution in [0.25, 0.3) is 10.9 Å². The van der Waals surface area contributed by atoms with Crippen LogP contribution >= 0.6 is 0 Å². The van der Waals surface area contributed by atoms with Gasteiger partial charge in [0.1, 0.15) is 11.3 Å². The summed E-state index contributed by atoms with van der Waals surface area (Å²) in [5.41, 5.74) is 1.77. The molecule has 1 saturated heterocycles. The van der Waals surface area contributed by atoms with Crippen molar-refractivity contribution in [1.29, 1.82) is 0 Å². The predicted octanol–water partition coefficient (Wildman–Crippen LogP) is 3.04. The average Bonchev–Trinajstić information content (AvgIpc) is 2.80. The van der Waals surface area contributed by atoms with E-state index in [9.17, 15) is 4.79 Å². The number of fused-ring (bicyclic) bond motifs is 1. The number of nitrogens with zero attached hydrogens (tertiary/aromatic N) is 5. The number of hydrogen-bond donors (Lipinski definition) is 0. The lowest BCUT2D eigenvalue weighted by Gasteiger charge is -2.37. The normalized spacial score (nSPS) is 15.9. The summed E-state index contributed by atoms with van der Waals surface area (Å²) in [6, 6.07) is 15.7. The largest absolute Gasteiger partial charge is 0.491 e. The second-order valence-corrected chi connectivity index (χ2v) is 8.30. The minimum atomic E-state index is -0.0639. The van der Waals surface area contributed by atoms with Crippen molar-refractivity contribution < 1.29 is 4.74 Å². The van der Waals surface area contributed by atoms with Crippen molar-refractivity contribution >= 4 is 16.6 Å². The monoisotopic (exact) mass is 421 g/mol. The van der Waals surface area contributed by atoms with Crippen molar-refractivity contribution in [2.24, 2.45) is 5.92 Å². The summed E-state index contributed by atoms with van der Waals surface area (Å²) in [5, 5.41) is 8.96. The zero-order valence-electron chi connectivity index (χ0n) is 18.4. The van der Waals surface area contributed by atoms with Crippen molar-refractivity contribution in [3.8, 4) is 5.75 Å². The summed E-state index contributed by atoms with van der Waals surface area (Å²) < 4.78 is 7.44. The molecule has 1 unspecified atom stereocenters. The van der Waals surface area contributed by atoms with Gasteiger partial charge in [-0.25, -0.2) is 4.68 Å². The first-order chi connectivity index (χ1) is 15.2. The lowest BCUT2D eigenvalue weighted by molar-refractivity contribution is 0.210. The zero-order chi connectivity index (χ0) is 21.6. The Labute approximate surface area is 183 Å². The quantitative estimate of drug-likeness (QED) is 0.557. The second kappa shape index (κ2) is 9.92. The Balaban J connectivity index is 1.33. The molecule has 4 rings (SSSR count). The Morgan fingerprint density at radius 2 is 1.74 bits per heavy atom. The van der Waals surface area contributed by atoms with Gasteiger partial charge in [-0.15, -0.1) is 5.10 Å². The number of benzene rings is 2. The van der Waals surface area contributed by atoms with Crippen LogP contribution in [0.5, 0.6) is 5.75 Å². The van der Waals surface area contributed by atoms with E-state index in [1.807, 2.05) is 30.3 Å². The van der Waals surface area contributed by atoms with Gasteiger partial charge in [-0.3, -0.25) is 9.69 Å². The molecule has 31 heavy (non-hydrogen) atoms. The molecule has 0 radical (unpaired) electrons. The van der Waals surface area contributed by atoms with Crippen LogP contribution in [-0.4, -0.2) is 59.2 Å². The topological polar surface area (TPSA) is 63.5 Å². The van der Waals surface area contributed by atoms with Crippen molar-refractivity contribution in [2.75, 3.05) is 44.2 Å². The van der Waals surface area contributed by atoms with Crippen LogP contribution in [0.4, 0.5) is 5.69 Å². The van der Waals surface area contributed by atoms with Gasteiger partial charge in [0.15, 0.2) is 0 Å². The highest BCUT2D eigenvalue weighted by molar-refractivity contribution is 5.76. The molecular weight excluding hydrogens is 390 g/mol. The molecule has 0 N–H and O–H groups in total. The van der Waals surface area contributed by atoms with Gasteiger partial charge in [0, 0.05) is 32.7 Å². The van der Waals surface area contributed by atoms with E-state index in [1.54, 1.807) is 0 Å². The summed E-state index contributed by atoms with van der Waals surface area (Å²) >= 11 is 0. The predicted molar refractivity (Wildman–Crippen MR) is 124 cm³/mol. The minimum Gasteiger partial charge on any atom is -0.491 e. The fourth-order valence-corrected chi connectivity index (χ4v) is 4.16. The molecule has 0 aliphatic carbocycles. The van der Waals surface area contributed by atoms with Gasteiger partial charge in [-0.2, -0.15) is 0 Å². The number of rotatable bonds is 8. The molecule has 1 aromatic heterocycles. The van der Waals surface area contributed by atoms with Crippen molar-refractivity contribution in [2.45, 2.75) is 26.8 Å². The summed E-state index contributed by atoms with van der Waals surface area (Å²) in [6.45, 7) is 10.5. The Hall–Kier alpha value is -2.93. The summed E-state index contributed by atoms with van der Waals surface area (Å²) in [5.74, 6) is 1.28. The average molecular weight is 422 g/mol. The van der Waals surface area contributed by atoms with Crippen LogP contribution < -0.4 is 15.2 Å². The van der Waals surface area contributed by atoms with E-state index < -0.39 is 0 Å². The molecule has 0 amide bonds. The number of aromatic nitrogens is 3. The maximum absolute atomic E-state index is 12.7. The molecule has 1 aliphatic rings. The standard InChI is InChI=1S/C24H31N5O2/c1-3-16-31-23-11-7-6-10-22(23)28-14-12-27(13-15-28)17-19(2)18-29-24(30)20-8-4-5-9-21(20)25-26-29/h4-11,19H,3,12-18H2,1-2H3. The Kier molecular flexibility index (Phi) is 6.82. The molecule has 164 valence electrons. The fraction of sp³-hybridized carbons (Fsp3) is 0.458. The second-order valence-electron chi connectivity index (χ2n) is 8.30. The third-order valence-electron chi connectivity index (χ3n) is 5.72. The molecule has 1 atom stereocenters.